The second kappa shape index (κ2) is 13.6. The van der Waals surface area contributed by atoms with Gasteiger partial charge in [-0.25, -0.2) is 9.48 Å². The Bertz CT molecular complexity index is 1880. The van der Waals surface area contributed by atoms with Crippen LogP contribution >= 0.6 is 0 Å². The molecule has 0 aliphatic carbocycles. The van der Waals surface area contributed by atoms with E-state index in [1.165, 1.54) is 25.1 Å². The average Bonchev–Trinajstić information content (AvgIpc) is 3.51. The Balaban J connectivity index is 1.48. The summed E-state index contributed by atoms with van der Waals surface area (Å²) in [6.45, 7) is 6.78. The standard InChI is InChI=1S/C35H34N6O6/c1-23(42)28-11-8-12-31(41(44)45)32(28)39(34(43)47-35(2,3)4)21-24-13-17-26(18-14-24)29-9-6-7-10-30(29)33-36-37-38-40(33)22-25-15-19-27(46-5)20-16-25/h6-20H,21-22H2,1-5H3. The van der Waals surface area contributed by atoms with E-state index < -0.39 is 22.4 Å². The van der Waals surface area contributed by atoms with Gasteiger partial charge in [-0.2, -0.15) is 0 Å². The summed E-state index contributed by atoms with van der Waals surface area (Å²) < 4.78 is 12.6. The normalized spacial score (nSPS) is 11.2. The molecule has 12 heteroatoms. The minimum atomic E-state index is -0.883. The zero-order valence-electron chi connectivity index (χ0n) is 26.7. The molecule has 47 heavy (non-hydrogen) atoms. The summed E-state index contributed by atoms with van der Waals surface area (Å²) in [5.41, 5.74) is 2.90. The number of tetrazole rings is 1. The molecule has 0 saturated carbocycles. The van der Waals surface area contributed by atoms with E-state index >= 15 is 0 Å². The lowest BCUT2D eigenvalue weighted by molar-refractivity contribution is -0.384. The van der Waals surface area contributed by atoms with E-state index in [4.69, 9.17) is 9.47 Å². The van der Waals surface area contributed by atoms with E-state index in [9.17, 15) is 19.7 Å². The van der Waals surface area contributed by atoms with Gasteiger partial charge in [-0.05, 0) is 78.6 Å². The van der Waals surface area contributed by atoms with Crippen LogP contribution in [0.2, 0.25) is 0 Å². The lowest BCUT2D eigenvalue weighted by atomic mass is 9.98. The Labute approximate surface area is 271 Å². The van der Waals surface area contributed by atoms with E-state index in [-0.39, 0.29) is 23.5 Å². The number of Topliss-reactive ketones (excluding diaryl/α,β-unsaturated/α-hetero) is 1. The molecular formula is C35H34N6O6. The number of hydrogen-bond acceptors (Lipinski definition) is 9. The second-order valence-corrected chi connectivity index (χ2v) is 11.8. The Morgan fingerprint density at radius 1 is 0.894 bits per heavy atom. The molecule has 0 fully saturated rings. The maximum atomic E-state index is 13.5. The molecule has 0 N–H and O–H groups in total. The van der Waals surface area contributed by atoms with Crippen molar-refractivity contribution in [3.05, 3.63) is 118 Å². The number of nitro groups is 1. The minimum absolute atomic E-state index is 0.0444. The Morgan fingerprint density at radius 2 is 1.55 bits per heavy atom. The Hall–Kier alpha value is -5.91. The number of para-hydroxylation sites is 1. The van der Waals surface area contributed by atoms with E-state index in [0.29, 0.717) is 17.9 Å². The Morgan fingerprint density at radius 3 is 2.17 bits per heavy atom. The molecule has 1 amide bonds. The largest absolute Gasteiger partial charge is 0.497 e. The topological polar surface area (TPSA) is 143 Å². The summed E-state index contributed by atoms with van der Waals surface area (Å²) >= 11 is 0. The molecule has 0 bridgehead atoms. The third kappa shape index (κ3) is 7.50. The van der Waals surface area contributed by atoms with Crippen LogP contribution < -0.4 is 9.64 Å². The summed E-state index contributed by atoms with van der Waals surface area (Å²) in [6.07, 6.45) is -0.813. The predicted molar refractivity (Wildman–Crippen MR) is 176 cm³/mol. The number of benzene rings is 4. The smallest absolute Gasteiger partial charge is 0.415 e. The molecule has 0 saturated heterocycles. The van der Waals surface area contributed by atoms with Crippen LogP contribution in [0.4, 0.5) is 16.2 Å². The van der Waals surface area contributed by atoms with Gasteiger partial charge in [-0.15, -0.1) is 5.10 Å². The van der Waals surface area contributed by atoms with Crippen molar-refractivity contribution in [1.82, 2.24) is 20.2 Å². The monoisotopic (exact) mass is 634 g/mol. The summed E-state index contributed by atoms with van der Waals surface area (Å²) in [6, 6.07) is 27.0. The molecule has 240 valence electrons. The molecule has 1 heterocycles. The molecule has 0 spiro atoms. The highest BCUT2D eigenvalue weighted by molar-refractivity contribution is 6.06. The number of ether oxygens (including phenoxy) is 2. The van der Waals surface area contributed by atoms with Crippen molar-refractivity contribution in [3.8, 4) is 28.3 Å². The van der Waals surface area contributed by atoms with Crippen LogP contribution in [0.1, 0.15) is 49.2 Å². The Kier molecular flexibility index (Phi) is 9.41. The first-order valence-electron chi connectivity index (χ1n) is 14.8. The van der Waals surface area contributed by atoms with Crippen LogP contribution in [0.3, 0.4) is 0 Å². The number of methoxy groups -OCH3 is 1. The van der Waals surface area contributed by atoms with E-state index in [2.05, 4.69) is 15.5 Å². The van der Waals surface area contributed by atoms with E-state index in [1.54, 1.807) is 32.6 Å². The van der Waals surface area contributed by atoms with Crippen molar-refractivity contribution in [2.75, 3.05) is 12.0 Å². The van der Waals surface area contributed by atoms with Gasteiger partial charge in [0.25, 0.3) is 5.69 Å². The molecule has 0 aliphatic rings. The number of amides is 1. The summed E-state index contributed by atoms with van der Waals surface area (Å²) in [7, 11) is 1.62. The van der Waals surface area contributed by atoms with Crippen LogP contribution in [0, 0.1) is 10.1 Å². The molecule has 4 aromatic carbocycles. The van der Waals surface area contributed by atoms with Gasteiger partial charge in [0.05, 0.1) is 25.1 Å². The van der Waals surface area contributed by atoms with Crippen LogP contribution in [-0.2, 0) is 17.8 Å². The molecule has 0 atom stereocenters. The summed E-state index contributed by atoms with van der Waals surface area (Å²) in [4.78, 5) is 38.7. The maximum Gasteiger partial charge on any atom is 0.415 e. The van der Waals surface area contributed by atoms with Crippen LogP contribution in [-0.4, -0.2) is 49.7 Å². The van der Waals surface area contributed by atoms with Gasteiger partial charge in [0.15, 0.2) is 11.6 Å². The van der Waals surface area contributed by atoms with Gasteiger partial charge < -0.3 is 9.47 Å². The molecule has 0 radical (unpaired) electrons. The average molecular weight is 635 g/mol. The lowest BCUT2D eigenvalue weighted by Gasteiger charge is -2.28. The SMILES string of the molecule is COc1ccc(Cn2nnnc2-c2ccccc2-c2ccc(CN(C(=O)OC(C)(C)C)c3c(C(C)=O)cccc3[N+](=O)[O-])cc2)cc1. The number of anilines is 1. The fourth-order valence-corrected chi connectivity index (χ4v) is 5.11. The number of nitro benzene ring substituents is 1. The molecule has 12 nitrogen and oxygen atoms in total. The molecule has 5 aromatic rings. The fourth-order valence-electron chi connectivity index (χ4n) is 5.11. The number of ketones is 1. The predicted octanol–water partition coefficient (Wildman–Crippen LogP) is 7.12. The van der Waals surface area contributed by atoms with Gasteiger partial charge in [-0.3, -0.25) is 19.8 Å². The number of hydrogen-bond donors (Lipinski definition) is 0. The molecule has 1 aromatic heterocycles. The first kappa shape index (κ1) is 32.5. The molecule has 5 rings (SSSR count). The molecule has 0 unspecified atom stereocenters. The van der Waals surface area contributed by atoms with Gasteiger partial charge in [0.2, 0.25) is 0 Å². The van der Waals surface area contributed by atoms with Crippen molar-refractivity contribution in [3.63, 3.8) is 0 Å². The van der Waals surface area contributed by atoms with Crippen molar-refractivity contribution < 1.29 is 24.0 Å². The number of nitrogens with zero attached hydrogens (tertiary/aromatic N) is 6. The van der Waals surface area contributed by atoms with Crippen LogP contribution in [0.5, 0.6) is 5.75 Å². The fraction of sp³-hybridized carbons (Fsp3) is 0.229. The van der Waals surface area contributed by atoms with Crippen molar-refractivity contribution in [2.45, 2.75) is 46.4 Å². The summed E-state index contributed by atoms with van der Waals surface area (Å²) in [5, 5.41) is 24.5. The van der Waals surface area contributed by atoms with E-state index in [0.717, 1.165) is 32.9 Å². The van der Waals surface area contributed by atoms with Crippen LogP contribution in [0.25, 0.3) is 22.5 Å². The number of rotatable bonds is 10. The van der Waals surface area contributed by atoms with Gasteiger partial charge in [-0.1, -0.05) is 66.7 Å². The minimum Gasteiger partial charge on any atom is -0.497 e. The van der Waals surface area contributed by atoms with Crippen molar-refractivity contribution in [1.29, 1.82) is 0 Å². The summed E-state index contributed by atoms with van der Waals surface area (Å²) in [5.74, 6) is 0.929. The highest BCUT2D eigenvalue weighted by Gasteiger charge is 2.32. The molecular weight excluding hydrogens is 600 g/mol. The highest BCUT2D eigenvalue weighted by atomic mass is 16.6. The zero-order chi connectivity index (χ0) is 33.7. The number of aromatic nitrogens is 4. The first-order chi connectivity index (χ1) is 22.4. The van der Waals surface area contributed by atoms with Gasteiger partial charge >= 0.3 is 6.09 Å². The lowest BCUT2D eigenvalue weighted by Crippen LogP contribution is -2.37. The maximum absolute atomic E-state index is 13.5. The van der Waals surface area contributed by atoms with Gasteiger partial charge in [0.1, 0.15) is 17.0 Å². The zero-order valence-corrected chi connectivity index (χ0v) is 26.7. The van der Waals surface area contributed by atoms with Crippen molar-refractivity contribution >= 4 is 23.3 Å². The quantitative estimate of drug-likeness (QED) is 0.0891. The first-order valence-corrected chi connectivity index (χ1v) is 14.8. The second-order valence-electron chi connectivity index (χ2n) is 11.8. The van der Waals surface area contributed by atoms with Crippen LogP contribution in [0.15, 0.2) is 91.0 Å². The van der Waals surface area contributed by atoms with Gasteiger partial charge in [0, 0.05) is 17.2 Å². The third-order valence-electron chi connectivity index (χ3n) is 7.27. The third-order valence-corrected chi connectivity index (χ3v) is 7.27. The molecule has 0 aliphatic heterocycles. The number of carbonyl (C=O) groups is 2. The highest BCUT2D eigenvalue weighted by Crippen LogP contribution is 2.36. The van der Waals surface area contributed by atoms with E-state index in [1.807, 2.05) is 72.8 Å². The van der Waals surface area contributed by atoms with Crippen molar-refractivity contribution in [2.24, 2.45) is 0 Å². The number of carbonyl (C=O) groups excluding carboxylic acids is 2.